The van der Waals surface area contributed by atoms with Crippen LogP contribution in [0.4, 0.5) is 11.6 Å². The Bertz CT molecular complexity index is 348. The zero-order valence-electron chi connectivity index (χ0n) is 6.23. The highest BCUT2D eigenvalue weighted by Gasteiger charge is 1.94. The van der Waals surface area contributed by atoms with E-state index < -0.39 is 0 Å². The standard InChI is InChI=1S/C6H8N6/c7-5-2-4-12(10-5)11-6-1-3-8-9-6/h1-4H,(H2,7,10)(H2,8,9,11). The number of nitrogen functional groups attached to an aromatic ring is 1. The van der Waals surface area contributed by atoms with Gasteiger partial charge in [0.2, 0.25) is 0 Å². The zero-order chi connectivity index (χ0) is 8.39. The van der Waals surface area contributed by atoms with Gasteiger partial charge in [0.15, 0.2) is 0 Å². The van der Waals surface area contributed by atoms with Crippen LogP contribution in [0.15, 0.2) is 24.5 Å². The van der Waals surface area contributed by atoms with E-state index in [1.807, 2.05) is 0 Å². The quantitative estimate of drug-likeness (QED) is 0.586. The maximum atomic E-state index is 5.41. The molecule has 6 nitrogen and oxygen atoms in total. The highest BCUT2D eigenvalue weighted by atomic mass is 15.6. The fourth-order valence-electron chi connectivity index (χ4n) is 0.842. The van der Waals surface area contributed by atoms with Crippen molar-refractivity contribution in [2.24, 2.45) is 0 Å². The van der Waals surface area contributed by atoms with Crippen LogP contribution < -0.4 is 11.2 Å². The molecule has 0 saturated carbocycles. The van der Waals surface area contributed by atoms with E-state index in [2.05, 4.69) is 20.7 Å². The first-order chi connectivity index (χ1) is 5.84. The summed E-state index contributed by atoms with van der Waals surface area (Å²) in [5, 5.41) is 10.4. The van der Waals surface area contributed by atoms with Crippen LogP contribution in [0.5, 0.6) is 0 Å². The number of H-pyrrole nitrogens is 1. The van der Waals surface area contributed by atoms with Crippen molar-refractivity contribution in [1.82, 2.24) is 20.1 Å². The van der Waals surface area contributed by atoms with Crippen LogP contribution in [0.25, 0.3) is 0 Å². The molecule has 0 aromatic carbocycles. The van der Waals surface area contributed by atoms with Gasteiger partial charge in [-0.05, 0) is 0 Å². The Kier molecular flexibility index (Phi) is 1.44. The molecule has 2 aromatic rings. The van der Waals surface area contributed by atoms with Crippen LogP contribution in [-0.2, 0) is 0 Å². The molecule has 12 heavy (non-hydrogen) atoms. The van der Waals surface area contributed by atoms with Crippen molar-refractivity contribution >= 4 is 11.6 Å². The summed E-state index contributed by atoms with van der Waals surface area (Å²) in [4.78, 5) is 1.50. The van der Waals surface area contributed by atoms with Crippen molar-refractivity contribution in [3.63, 3.8) is 0 Å². The molecule has 0 radical (unpaired) electrons. The number of aromatic nitrogens is 4. The Labute approximate surface area is 68.4 Å². The Morgan fingerprint density at radius 3 is 3.00 bits per heavy atom. The molecule has 6 heteroatoms. The van der Waals surface area contributed by atoms with Crippen LogP contribution in [0.3, 0.4) is 0 Å². The molecule has 0 aliphatic rings. The lowest BCUT2D eigenvalue weighted by Crippen LogP contribution is -2.09. The summed E-state index contributed by atoms with van der Waals surface area (Å²) < 4.78 is 0. The molecule has 0 aliphatic carbocycles. The molecule has 0 atom stereocenters. The monoisotopic (exact) mass is 164 g/mol. The van der Waals surface area contributed by atoms with Crippen LogP contribution in [0.2, 0.25) is 0 Å². The van der Waals surface area contributed by atoms with Crippen LogP contribution in [0, 0.1) is 0 Å². The molecule has 0 saturated heterocycles. The first kappa shape index (κ1) is 6.71. The van der Waals surface area contributed by atoms with Crippen molar-refractivity contribution in [2.75, 3.05) is 11.2 Å². The Morgan fingerprint density at radius 1 is 1.50 bits per heavy atom. The number of nitrogens with two attached hydrogens (primary N) is 1. The second-order valence-corrected chi connectivity index (χ2v) is 2.27. The molecule has 0 spiro atoms. The second kappa shape index (κ2) is 2.57. The summed E-state index contributed by atoms with van der Waals surface area (Å²) in [6.45, 7) is 0. The molecule has 0 unspecified atom stereocenters. The summed E-state index contributed by atoms with van der Waals surface area (Å²) >= 11 is 0. The lowest BCUT2D eigenvalue weighted by Gasteiger charge is -2.00. The molecule has 2 heterocycles. The van der Waals surface area contributed by atoms with Crippen molar-refractivity contribution in [2.45, 2.75) is 0 Å². The number of hydrogen-bond donors (Lipinski definition) is 3. The molecular formula is C6H8N6. The molecular weight excluding hydrogens is 156 g/mol. The van der Waals surface area contributed by atoms with Crippen molar-refractivity contribution in [1.29, 1.82) is 0 Å². The highest BCUT2D eigenvalue weighted by Crippen LogP contribution is 2.00. The summed E-state index contributed by atoms with van der Waals surface area (Å²) in [5.74, 6) is 1.24. The SMILES string of the molecule is Nc1ccn(Nc2ccn[nH]2)n1. The smallest absolute Gasteiger partial charge is 0.147 e. The summed E-state index contributed by atoms with van der Waals surface area (Å²) in [6, 6.07) is 3.49. The van der Waals surface area contributed by atoms with Crippen LogP contribution in [-0.4, -0.2) is 20.1 Å². The van der Waals surface area contributed by atoms with Gasteiger partial charge in [-0.3, -0.25) is 10.5 Å². The van der Waals surface area contributed by atoms with E-state index in [0.29, 0.717) is 5.82 Å². The Morgan fingerprint density at radius 2 is 2.42 bits per heavy atom. The summed E-state index contributed by atoms with van der Waals surface area (Å²) in [6.07, 6.45) is 3.37. The van der Waals surface area contributed by atoms with Crippen molar-refractivity contribution < 1.29 is 0 Å². The van der Waals surface area contributed by atoms with Crippen LogP contribution >= 0.6 is 0 Å². The number of anilines is 2. The van der Waals surface area contributed by atoms with E-state index in [0.717, 1.165) is 5.82 Å². The molecule has 62 valence electrons. The van der Waals surface area contributed by atoms with E-state index >= 15 is 0 Å². The van der Waals surface area contributed by atoms with Crippen LogP contribution in [0.1, 0.15) is 0 Å². The number of rotatable bonds is 2. The van der Waals surface area contributed by atoms with Crippen molar-refractivity contribution in [3.8, 4) is 0 Å². The minimum atomic E-state index is 0.474. The topological polar surface area (TPSA) is 84.5 Å². The van der Waals surface area contributed by atoms with Gasteiger partial charge >= 0.3 is 0 Å². The average Bonchev–Trinajstić information content (AvgIpc) is 2.63. The fourth-order valence-corrected chi connectivity index (χ4v) is 0.842. The number of nitrogens with zero attached hydrogens (tertiary/aromatic N) is 3. The minimum absolute atomic E-state index is 0.474. The first-order valence-corrected chi connectivity index (χ1v) is 3.42. The van der Waals surface area contributed by atoms with Gasteiger partial charge in [-0.15, -0.1) is 5.10 Å². The molecule has 2 aromatic heterocycles. The average molecular weight is 164 g/mol. The fraction of sp³-hybridized carbons (Fsp3) is 0. The van der Waals surface area contributed by atoms with Gasteiger partial charge in [0, 0.05) is 12.1 Å². The van der Waals surface area contributed by atoms with Gasteiger partial charge in [0.25, 0.3) is 0 Å². The van der Waals surface area contributed by atoms with E-state index in [1.165, 1.54) is 4.79 Å². The first-order valence-electron chi connectivity index (χ1n) is 3.42. The van der Waals surface area contributed by atoms with Gasteiger partial charge in [0.1, 0.15) is 11.6 Å². The largest absolute Gasteiger partial charge is 0.382 e. The highest BCUT2D eigenvalue weighted by molar-refractivity contribution is 5.32. The van der Waals surface area contributed by atoms with Gasteiger partial charge < -0.3 is 5.73 Å². The lowest BCUT2D eigenvalue weighted by atomic mass is 10.7. The lowest BCUT2D eigenvalue weighted by molar-refractivity contribution is 0.798. The normalized spacial score (nSPS) is 10.0. The predicted octanol–water partition coefficient (Wildman–Crippen LogP) is 0.0636. The van der Waals surface area contributed by atoms with Gasteiger partial charge in [-0.25, -0.2) is 0 Å². The van der Waals surface area contributed by atoms with E-state index in [9.17, 15) is 0 Å². The minimum Gasteiger partial charge on any atom is -0.382 e. The van der Waals surface area contributed by atoms with E-state index in [-0.39, 0.29) is 0 Å². The molecule has 0 fully saturated rings. The zero-order valence-corrected chi connectivity index (χ0v) is 6.23. The molecule has 2 rings (SSSR count). The summed E-state index contributed by atoms with van der Waals surface area (Å²) in [7, 11) is 0. The third-order valence-corrected chi connectivity index (χ3v) is 1.35. The summed E-state index contributed by atoms with van der Waals surface area (Å²) in [5.41, 5.74) is 8.32. The number of hydrogen-bond acceptors (Lipinski definition) is 4. The van der Waals surface area contributed by atoms with Gasteiger partial charge in [-0.2, -0.15) is 9.89 Å². The maximum Gasteiger partial charge on any atom is 0.147 e. The third-order valence-electron chi connectivity index (χ3n) is 1.35. The Balaban J connectivity index is 2.14. The molecule has 0 aliphatic heterocycles. The number of nitrogens with one attached hydrogen (secondary N) is 2. The molecule has 0 bridgehead atoms. The molecule has 0 amide bonds. The van der Waals surface area contributed by atoms with Gasteiger partial charge in [-0.1, -0.05) is 0 Å². The second-order valence-electron chi connectivity index (χ2n) is 2.27. The maximum absolute atomic E-state index is 5.41. The van der Waals surface area contributed by atoms with E-state index in [1.54, 1.807) is 24.5 Å². The molecule has 4 N–H and O–H groups in total. The predicted molar refractivity (Wildman–Crippen MR) is 44.2 cm³/mol. The van der Waals surface area contributed by atoms with Gasteiger partial charge in [0.05, 0.1) is 12.4 Å². The van der Waals surface area contributed by atoms with Crippen molar-refractivity contribution in [3.05, 3.63) is 24.5 Å². The Hall–Kier alpha value is -1.98. The number of aromatic amines is 1. The third kappa shape index (κ3) is 1.22. The van der Waals surface area contributed by atoms with E-state index in [4.69, 9.17) is 5.73 Å².